The van der Waals surface area contributed by atoms with Crippen LogP contribution in [-0.2, 0) is 7.05 Å². The number of furan rings is 1. The van der Waals surface area contributed by atoms with E-state index in [1.54, 1.807) is 29.9 Å². The first-order valence-electron chi connectivity index (χ1n) is 9.08. The Morgan fingerprint density at radius 3 is 2.64 bits per heavy atom. The number of fused-ring (bicyclic) bond motifs is 4. The van der Waals surface area contributed by atoms with Crippen LogP contribution in [0.2, 0.25) is 0 Å². The molecular weight excluding hydrogens is 358 g/mol. The molecule has 28 heavy (non-hydrogen) atoms. The fourth-order valence-corrected chi connectivity index (χ4v) is 3.83. The Hall–Kier alpha value is -3.55. The third kappa shape index (κ3) is 2.08. The molecule has 1 aromatic carbocycles. The zero-order chi connectivity index (χ0) is 19.7. The Morgan fingerprint density at radius 2 is 1.96 bits per heavy atom. The van der Waals surface area contributed by atoms with Crippen LogP contribution < -0.4 is 11.0 Å². The molecular formula is C20H19N5O3. The van der Waals surface area contributed by atoms with Gasteiger partial charge in [-0.15, -0.1) is 0 Å². The molecule has 0 aliphatic rings. The Balaban J connectivity index is 2.09. The molecule has 5 rings (SSSR count). The van der Waals surface area contributed by atoms with Gasteiger partial charge in [0.2, 0.25) is 0 Å². The Morgan fingerprint density at radius 1 is 1.18 bits per heavy atom. The molecule has 0 amide bonds. The lowest BCUT2D eigenvalue weighted by atomic mass is 10.0. The van der Waals surface area contributed by atoms with E-state index in [1.807, 2.05) is 31.8 Å². The van der Waals surface area contributed by atoms with Crippen molar-refractivity contribution < 1.29 is 4.42 Å². The van der Waals surface area contributed by atoms with Gasteiger partial charge in [-0.05, 0) is 32.9 Å². The minimum absolute atomic E-state index is 0.0498. The summed E-state index contributed by atoms with van der Waals surface area (Å²) >= 11 is 0. The second-order valence-corrected chi connectivity index (χ2v) is 7.40. The highest BCUT2D eigenvalue weighted by molar-refractivity contribution is 6.14. The summed E-state index contributed by atoms with van der Waals surface area (Å²) in [6, 6.07) is 3.35. The van der Waals surface area contributed by atoms with E-state index in [9.17, 15) is 9.59 Å². The van der Waals surface area contributed by atoms with Crippen LogP contribution in [0.15, 0.2) is 38.5 Å². The van der Waals surface area contributed by atoms with Crippen molar-refractivity contribution in [3.05, 3.63) is 50.7 Å². The van der Waals surface area contributed by atoms with Gasteiger partial charge in [0, 0.05) is 41.4 Å². The lowest BCUT2D eigenvalue weighted by molar-refractivity contribution is 0.542. The summed E-state index contributed by atoms with van der Waals surface area (Å²) in [4.78, 5) is 28.4. The van der Waals surface area contributed by atoms with Crippen LogP contribution in [0.25, 0.3) is 44.2 Å². The molecule has 4 aromatic heterocycles. The van der Waals surface area contributed by atoms with Crippen LogP contribution in [0.3, 0.4) is 0 Å². The first kappa shape index (κ1) is 16.6. The molecule has 0 bridgehead atoms. The molecule has 0 aliphatic heterocycles. The topological polar surface area (TPSA) is 102 Å². The number of nitrogens with zero attached hydrogens (tertiary/aromatic N) is 3. The second kappa shape index (κ2) is 5.48. The quantitative estimate of drug-likeness (QED) is 0.493. The summed E-state index contributed by atoms with van der Waals surface area (Å²) in [5.74, 6) is 0. The highest BCUT2D eigenvalue weighted by Gasteiger charge is 2.23. The standard InChI is InChI=1S/C20H19N5O3/c1-9(2)25-19-15(20(27)23-25)14(11-7-21-24(4)8-11)18-16(22-19)12-5-6-13(26)10(3)17(12)28-18/h5-9,22H,1-4H3,(H,23,27). The van der Waals surface area contributed by atoms with E-state index in [0.29, 0.717) is 33.3 Å². The van der Waals surface area contributed by atoms with E-state index in [-0.39, 0.29) is 17.0 Å². The normalized spacial score (nSPS) is 12.2. The average molecular weight is 377 g/mol. The number of nitrogens with one attached hydrogen (secondary N) is 2. The van der Waals surface area contributed by atoms with Crippen LogP contribution in [-0.4, -0.2) is 24.5 Å². The molecule has 0 atom stereocenters. The van der Waals surface area contributed by atoms with Crippen LogP contribution >= 0.6 is 0 Å². The molecule has 0 saturated carbocycles. The SMILES string of the molecule is Cc1c(=O)ccc2c1oc1c(-c3cnn(C)c3)c3c(=O)[nH]n(C(C)C)c3[nH]c12. The van der Waals surface area contributed by atoms with Gasteiger partial charge in [-0.1, -0.05) is 0 Å². The Kier molecular flexibility index (Phi) is 3.25. The Labute approximate surface area is 158 Å². The largest absolute Gasteiger partial charge is 0.453 e. The van der Waals surface area contributed by atoms with Gasteiger partial charge in [0.1, 0.15) is 11.2 Å². The van der Waals surface area contributed by atoms with E-state index in [1.165, 1.54) is 0 Å². The van der Waals surface area contributed by atoms with Crippen molar-refractivity contribution in [1.29, 1.82) is 0 Å². The van der Waals surface area contributed by atoms with Gasteiger partial charge in [0.25, 0.3) is 5.56 Å². The zero-order valence-corrected chi connectivity index (χ0v) is 16.0. The number of rotatable bonds is 2. The molecule has 4 heterocycles. The number of aryl methyl sites for hydroxylation is 2. The van der Waals surface area contributed by atoms with E-state index >= 15 is 0 Å². The molecule has 2 N–H and O–H groups in total. The van der Waals surface area contributed by atoms with Gasteiger partial charge in [-0.3, -0.25) is 24.1 Å². The van der Waals surface area contributed by atoms with Crippen LogP contribution in [0, 0.1) is 6.92 Å². The summed E-state index contributed by atoms with van der Waals surface area (Å²) in [6.07, 6.45) is 3.55. The summed E-state index contributed by atoms with van der Waals surface area (Å²) in [6.45, 7) is 5.74. The minimum atomic E-state index is -0.206. The van der Waals surface area contributed by atoms with Crippen molar-refractivity contribution in [2.24, 2.45) is 7.05 Å². The van der Waals surface area contributed by atoms with Gasteiger partial charge in [-0.2, -0.15) is 5.10 Å². The van der Waals surface area contributed by atoms with Gasteiger partial charge < -0.3 is 9.40 Å². The lowest BCUT2D eigenvalue weighted by Crippen LogP contribution is -2.07. The molecule has 0 fully saturated rings. The number of hydrogen-bond donors (Lipinski definition) is 2. The van der Waals surface area contributed by atoms with E-state index in [0.717, 1.165) is 16.5 Å². The zero-order valence-electron chi connectivity index (χ0n) is 16.0. The maximum Gasteiger partial charge on any atom is 0.274 e. The number of aromatic nitrogens is 5. The number of hydrogen-bond acceptors (Lipinski definition) is 4. The predicted octanol–water partition coefficient (Wildman–Crippen LogP) is 3.21. The molecule has 8 nitrogen and oxygen atoms in total. The maximum atomic E-state index is 12.9. The molecule has 0 aliphatic carbocycles. The molecule has 0 saturated heterocycles. The van der Waals surface area contributed by atoms with Crippen molar-refractivity contribution in [3.63, 3.8) is 0 Å². The summed E-state index contributed by atoms with van der Waals surface area (Å²) < 4.78 is 9.65. The van der Waals surface area contributed by atoms with Crippen molar-refractivity contribution in [1.82, 2.24) is 24.5 Å². The maximum absolute atomic E-state index is 12.9. The van der Waals surface area contributed by atoms with E-state index < -0.39 is 0 Å². The predicted molar refractivity (Wildman–Crippen MR) is 108 cm³/mol. The highest BCUT2D eigenvalue weighted by atomic mass is 16.3. The monoisotopic (exact) mass is 377 g/mol. The molecule has 0 spiro atoms. The van der Waals surface area contributed by atoms with Gasteiger partial charge >= 0.3 is 0 Å². The van der Waals surface area contributed by atoms with Crippen molar-refractivity contribution >= 4 is 33.1 Å². The Bertz CT molecular complexity index is 1510. The van der Waals surface area contributed by atoms with E-state index in [4.69, 9.17) is 4.42 Å². The molecule has 0 unspecified atom stereocenters. The van der Waals surface area contributed by atoms with Crippen LogP contribution in [0.4, 0.5) is 0 Å². The minimum Gasteiger partial charge on any atom is -0.453 e. The number of benzene rings is 1. The van der Waals surface area contributed by atoms with Gasteiger partial charge in [0.15, 0.2) is 11.0 Å². The number of pyridine rings is 1. The van der Waals surface area contributed by atoms with Crippen molar-refractivity contribution in [2.45, 2.75) is 26.8 Å². The first-order valence-corrected chi connectivity index (χ1v) is 9.08. The fraction of sp³-hybridized carbons (Fsp3) is 0.250. The summed E-state index contributed by atoms with van der Waals surface area (Å²) in [5, 5.41) is 8.49. The summed E-state index contributed by atoms with van der Waals surface area (Å²) in [5.41, 5.74) is 4.20. The molecule has 0 radical (unpaired) electrons. The smallest absolute Gasteiger partial charge is 0.274 e. The molecule has 142 valence electrons. The highest BCUT2D eigenvalue weighted by Crippen LogP contribution is 2.38. The number of H-pyrrole nitrogens is 2. The molecule has 5 aromatic rings. The van der Waals surface area contributed by atoms with Crippen molar-refractivity contribution in [2.75, 3.05) is 0 Å². The fourth-order valence-electron chi connectivity index (χ4n) is 3.83. The lowest BCUT2D eigenvalue weighted by Gasteiger charge is -2.09. The van der Waals surface area contributed by atoms with Crippen LogP contribution in [0.1, 0.15) is 25.5 Å². The number of aromatic amines is 2. The average Bonchev–Trinajstić information content (AvgIpc) is 3.33. The van der Waals surface area contributed by atoms with Gasteiger partial charge in [-0.25, -0.2) is 0 Å². The molecule has 8 heteroatoms. The first-order chi connectivity index (χ1) is 13.4. The van der Waals surface area contributed by atoms with Gasteiger partial charge in [0.05, 0.1) is 17.1 Å². The second-order valence-electron chi connectivity index (χ2n) is 7.40. The summed E-state index contributed by atoms with van der Waals surface area (Å²) in [7, 11) is 1.82. The van der Waals surface area contributed by atoms with Crippen LogP contribution in [0.5, 0.6) is 0 Å². The van der Waals surface area contributed by atoms with Crippen molar-refractivity contribution in [3.8, 4) is 11.1 Å². The van der Waals surface area contributed by atoms with E-state index in [2.05, 4.69) is 15.2 Å². The third-order valence-corrected chi connectivity index (χ3v) is 5.21. The third-order valence-electron chi connectivity index (χ3n) is 5.21.